The summed E-state index contributed by atoms with van der Waals surface area (Å²) in [5.74, 6) is 2.31. The van der Waals surface area contributed by atoms with Gasteiger partial charge in [-0.25, -0.2) is 9.48 Å². The lowest BCUT2D eigenvalue weighted by Crippen LogP contribution is -2.29. The topological polar surface area (TPSA) is 133 Å². The zero-order valence-corrected chi connectivity index (χ0v) is 26.8. The molecular formula is C32H34N8O2S2. The van der Waals surface area contributed by atoms with Crippen LogP contribution in [0.1, 0.15) is 56.3 Å². The number of hydrogen-bond donors (Lipinski definition) is 3. The van der Waals surface area contributed by atoms with E-state index >= 15 is 0 Å². The van der Waals surface area contributed by atoms with Crippen molar-refractivity contribution in [1.29, 1.82) is 5.26 Å². The minimum Gasteiger partial charge on any atom is -0.507 e. The first kappa shape index (κ1) is 31.0. The quantitative estimate of drug-likeness (QED) is 0.155. The number of pyridine rings is 1. The van der Waals surface area contributed by atoms with Crippen molar-refractivity contribution in [2.45, 2.75) is 55.4 Å². The van der Waals surface area contributed by atoms with Crippen LogP contribution in [0.3, 0.4) is 0 Å². The van der Waals surface area contributed by atoms with Crippen molar-refractivity contribution in [3.8, 4) is 17.5 Å². The molecule has 0 radical (unpaired) electrons. The minimum atomic E-state index is -0.396. The fourth-order valence-corrected chi connectivity index (χ4v) is 6.57. The predicted molar refractivity (Wildman–Crippen MR) is 175 cm³/mol. The molecule has 0 aliphatic carbocycles. The van der Waals surface area contributed by atoms with E-state index in [9.17, 15) is 15.2 Å². The number of aromatic hydroxyl groups is 1. The minimum absolute atomic E-state index is 0.114. The molecule has 0 aliphatic rings. The van der Waals surface area contributed by atoms with E-state index in [1.807, 2.05) is 65.4 Å². The maximum absolute atomic E-state index is 13.2. The summed E-state index contributed by atoms with van der Waals surface area (Å²) in [6.45, 7) is 8.68. The normalized spacial score (nSPS) is 11.6. The van der Waals surface area contributed by atoms with Crippen molar-refractivity contribution in [1.82, 2.24) is 29.7 Å². The number of amides is 2. The Labute approximate surface area is 264 Å². The summed E-state index contributed by atoms with van der Waals surface area (Å²) in [6, 6.07) is 20.0. The number of phenols is 1. The van der Waals surface area contributed by atoms with Gasteiger partial charge in [-0.1, -0.05) is 57.7 Å². The average Bonchev–Trinajstić information content (AvgIpc) is 3.62. The zero-order valence-electron chi connectivity index (χ0n) is 25.2. The van der Waals surface area contributed by atoms with Gasteiger partial charge in [0.25, 0.3) is 0 Å². The molecule has 226 valence electrons. The van der Waals surface area contributed by atoms with Gasteiger partial charge in [-0.15, -0.1) is 10.2 Å². The van der Waals surface area contributed by atoms with E-state index in [1.165, 1.54) is 6.07 Å². The standard InChI is InChI=1S/C32H34N8O2S2/c1-20(2)30-37-36-28-13-11-24(18-39(28)30)44-26-9-7-6-8-21(26)17-34-31(42)35-29-15-27(32(3,4)19-43-5)38-40(29)23-10-12-25(41)22(14-23)16-33/h6-15,18,20,41H,17,19H2,1-5H3,(H2,34,35,42). The molecule has 0 unspecified atom stereocenters. The van der Waals surface area contributed by atoms with Crippen LogP contribution in [0.15, 0.2) is 76.7 Å². The van der Waals surface area contributed by atoms with Crippen molar-refractivity contribution in [3.63, 3.8) is 0 Å². The highest BCUT2D eigenvalue weighted by atomic mass is 32.2. The van der Waals surface area contributed by atoms with E-state index in [2.05, 4.69) is 48.5 Å². The van der Waals surface area contributed by atoms with E-state index in [-0.39, 0.29) is 22.6 Å². The number of benzene rings is 2. The number of phenolic OH excluding ortho intramolecular Hbond substituents is 1. The number of carbonyl (C=O) groups excluding carboxylic acids is 1. The van der Waals surface area contributed by atoms with Crippen molar-refractivity contribution in [2.75, 3.05) is 17.3 Å². The van der Waals surface area contributed by atoms with Crippen molar-refractivity contribution in [3.05, 3.63) is 89.5 Å². The molecule has 0 fully saturated rings. The number of urea groups is 1. The molecular weight excluding hydrogens is 593 g/mol. The van der Waals surface area contributed by atoms with Crippen molar-refractivity contribution < 1.29 is 9.90 Å². The number of thioether (sulfide) groups is 1. The number of aromatic nitrogens is 5. The molecule has 44 heavy (non-hydrogen) atoms. The number of nitriles is 1. The fraction of sp³-hybridized carbons (Fsp3) is 0.281. The Bertz CT molecular complexity index is 1850. The average molecular weight is 627 g/mol. The monoisotopic (exact) mass is 626 g/mol. The summed E-state index contributed by atoms with van der Waals surface area (Å²) < 4.78 is 3.61. The molecule has 12 heteroatoms. The van der Waals surface area contributed by atoms with Crippen LogP contribution >= 0.6 is 23.5 Å². The summed E-state index contributed by atoms with van der Waals surface area (Å²) in [5.41, 5.74) is 2.97. The number of nitrogens with one attached hydrogen (secondary N) is 2. The maximum Gasteiger partial charge on any atom is 0.320 e. The highest BCUT2D eigenvalue weighted by Gasteiger charge is 2.26. The molecule has 0 bridgehead atoms. The number of nitrogens with zero attached hydrogens (tertiary/aromatic N) is 6. The first-order valence-corrected chi connectivity index (χ1v) is 16.3. The van der Waals surface area contributed by atoms with Crippen molar-refractivity contribution in [2.24, 2.45) is 0 Å². The third-order valence-corrected chi connectivity index (χ3v) is 9.16. The first-order valence-electron chi connectivity index (χ1n) is 14.1. The Morgan fingerprint density at radius 3 is 2.66 bits per heavy atom. The number of fused-ring (bicyclic) bond motifs is 1. The first-order chi connectivity index (χ1) is 21.1. The van der Waals surface area contributed by atoms with Gasteiger partial charge in [0, 0.05) is 45.7 Å². The van der Waals surface area contributed by atoms with Crippen molar-refractivity contribution >= 4 is 41.0 Å². The Morgan fingerprint density at radius 2 is 1.91 bits per heavy atom. The molecule has 0 saturated carbocycles. The van der Waals surface area contributed by atoms with Gasteiger partial charge < -0.3 is 10.4 Å². The van der Waals surface area contributed by atoms with Crippen LogP contribution < -0.4 is 10.6 Å². The van der Waals surface area contributed by atoms with Gasteiger partial charge in [0.15, 0.2) is 5.65 Å². The molecule has 2 aromatic carbocycles. The second-order valence-electron chi connectivity index (χ2n) is 11.3. The molecule has 2 amide bonds. The van der Waals surface area contributed by atoms with E-state index in [0.717, 1.165) is 38.3 Å². The Morgan fingerprint density at radius 1 is 1.11 bits per heavy atom. The number of hydrogen-bond acceptors (Lipinski definition) is 8. The highest BCUT2D eigenvalue weighted by molar-refractivity contribution is 7.99. The summed E-state index contributed by atoms with van der Waals surface area (Å²) in [6.07, 6.45) is 4.08. The molecule has 3 heterocycles. The van der Waals surface area contributed by atoms with Crippen LogP contribution in [0.2, 0.25) is 0 Å². The van der Waals surface area contributed by atoms with Crippen LogP contribution in [0.5, 0.6) is 5.75 Å². The highest BCUT2D eigenvalue weighted by Crippen LogP contribution is 2.32. The van der Waals surface area contributed by atoms with E-state index < -0.39 is 6.03 Å². The molecule has 0 saturated heterocycles. The van der Waals surface area contributed by atoms with Crippen LogP contribution in [-0.4, -0.2) is 47.5 Å². The van der Waals surface area contributed by atoms with Gasteiger partial charge in [0.05, 0.1) is 16.9 Å². The van der Waals surface area contributed by atoms with E-state index in [4.69, 9.17) is 5.10 Å². The lowest BCUT2D eigenvalue weighted by atomic mass is 9.92. The summed E-state index contributed by atoms with van der Waals surface area (Å²) in [7, 11) is 0. The van der Waals surface area contributed by atoms with Crippen LogP contribution in [0, 0.1) is 11.3 Å². The molecule has 0 atom stereocenters. The fourth-order valence-electron chi connectivity index (χ4n) is 4.73. The summed E-state index contributed by atoms with van der Waals surface area (Å²) in [4.78, 5) is 15.3. The number of rotatable bonds is 10. The summed E-state index contributed by atoms with van der Waals surface area (Å²) >= 11 is 3.32. The lowest BCUT2D eigenvalue weighted by Gasteiger charge is -2.20. The Hall–Kier alpha value is -4.47. The second-order valence-corrected chi connectivity index (χ2v) is 13.3. The molecule has 0 aliphatic heterocycles. The van der Waals surface area contributed by atoms with Gasteiger partial charge >= 0.3 is 6.03 Å². The molecule has 3 N–H and O–H groups in total. The van der Waals surface area contributed by atoms with Crippen LogP contribution in [0.25, 0.3) is 11.3 Å². The smallest absolute Gasteiger partial charge is 0.320 e. The lowest BCUT2D eigenvalue weighted by molar-refractivity contribution is 0.251. The van der Waals surface area contributed by atoms with Gasteiger partial charge in [-0.2, -0.15) is 22.1 Å². The third-order valence-electron chi connectivity index (χ3n) is 7.05. The predicted octanol–water partition coefficient (Wildman–Crippen LogP) is 6.73. The van der Waals surface area contributed by atoms with Gasteiger partial charge in [0.2, 0.25) is 0 Å². The van der Waals surface area contributed by atoms with Crippen LogP contribution in [-0.2, 0) is 12.0 Å². The Kier molecular flexibility index (Phi) is 9.17. The van der Waals surface area contributed by atoms with Gasteiger partial charge in [-0.05, 0) is 48.2 Å². The summed E-state index contributed by atoms with van der Waals surface area (Å²) in [5, 5.41) is 38.8. The second kappa shape index (κ2) is 13.0. The van der Waals surface area contributed by atoms with Gasteiger partial charge in [0.1, 0.15) is 23.5 Å². The maximum atomic E-state index is 13.2. The van der Waals surface area contributed by atoms with Crippen LogP contribution in [0.4, 0.5) is 10.6 Å². The largest absolute Gasteiger partial charge is 0.507 e. The SMILES string of the molecule is CSCC(C)(C)c1cc(NC(=O)NCc2ccccc2Sc2ccc3nnc(C(C)C)n3c2)n(-c2ccc(O)c(C#N)c2)n1. The number of anilines is 1. The molecule has 5 aromatic rings. The van der Waals surface area contributed by atoms with E-state index in [0.29, 0.717) is 18.1 Å². The Balaban J connectivity index is 1.35. The molecule has 3 aromatic heterocycles. The van der Waals surface area contributed by atoms with E-state index in [1.54, 1.807) is 40.3 Å². The molecule has 5 rings (SSSR count). The van der Waals surface area contributed by atoms with Gasteiger partial charge in [-0.3, -0.25) is 9.72 Å². The molecule has 0 spiro atoms. The third kappa shape index (κ3) is 6.69. The zero-order chi connectivity index (χ0) is 31.4. The number of carbonyl (C=O) groups is 1. The molecule has 10 nitrogen and oxygen atoms in total.